The van der Waals surface area contributed by atoms with Gasteiger partial charge in [-0.25, -0.2) is 0 Å². The summed E-state index contributed by atoms with van der Waals surface area (Å²) in [5.74, 6) is 0. The molecule has 0 radical (unpaired) electrons. The molecule has 0 N–H and O–H groups in total. The van der Waals surface area contributed by atoms with Crippen LogP contribution in [0.15, 0.2) is 328 Å². The topological polar surface area (TPSA) is 0 Å². The first-order chi connectivity index (χ1) is 51.2. The predicted molar refractivity (Wildman–Crippen MR) is 450 cm³/mol. The van der Waals surface area contributed by atoms with E-state index in [-0.39, 0.29) is 16.2 Å². The Bertz CT molecular complexity index is 6760. The van der Waals surface area contributed by atoms with Crippen molar-refractivity contribution in [2.24, 2.45) is 0 Å². The predicted octanol–water partition coefficient (Wildman–Crippen LogP) is 29.0. The molecule has 3 aliphatic rings. The highest BCUT2D eigenvalue weighted by atomic mass is 14.4. The molecule has 0 heterocycles. The second-order valence-corrected chi connectivity index (χ2v) is 31.5. The lowest BCUT2D eigenvalue weighted by Gasteiger charge is -2.23. The minimum atomic E-state index is -0.0668. The van der Waals surface area contributed by atoms with Crippen LogP contribution in [-0.2, 0) is 16.2 Å². The van der Waals surface area contributed by atoms with Gasteiger partial charge in [0.15, 0.2) is 0 Å². The van der Waals surface area contributed by atoms with Crippen molar-refractivity contribution in [2.75, 3.05) is 0 Å². The summed E-state index contributed by atoms with van der Waals surface area (Å²) in [6.07, 6.45) is 0. The van der Waals surface area contributed by atoms with Crippen LogP contribution in [0.5, 0.6) is 0 Å². The van der Waals surface area contributed by atoms with Crippen molar-refractivity contribution in [3.05, 3.63) is 372 Å². The van der Waals surface area contributed by atoms with Gasteiger partial charge in [-0.2, -0.15) is 0 Å². The lowest BCUT2D eigenvalue weighted by atomic mass is 9.80. The maximum Gasteiger partial charge on any atom is 0.0159 e. The van der Waals surface area contributed by atoms with Gasteiger partial charge >= 0.3 is 0 Å². The van der Waals surface area contributed by atoms with Crippen LogP contribution in [-0.4, -0.2) is 0 Å². The Morgan fingerprint density at radius 1 is 0.162 bits per heavy atom. The average molecular weight is 1340 g/mol. The Hall–Kier alpha value is -12.2. The van der Waals surface area contributed by atoms with Gasteiger partial charge in [0.05, 0.1) is 0 Å². The fourth-order valence-electron chi connectivity index (χ4n) is 19.3. The van der Waals surface area contributed by atoms with Gasteiger partial charge in [-0.05, 0) is 247 Å². The van der Waals surface area contributed by atoms with Gasteiger partial charge < -0.3 is 0 Å². The molecule has 0 aromatic heterocycles. The van der Waals surface area contributed by atoms with Crippen LogP contribution in [0.1, 0.15) is 86.1 Å². The van der Waals surface area contributed by atoms with Gasteiger partial charge in [0.25, 0.3) is 0 Å². The third kappa shape index (κ3) is 9.45. The Morgan fingerprint density at radius 2 is 0.438 bits per heavy atom. The molecule has 21 rings (SSSR count). The molecule has 0 spiro atoms. The molecular weight excluding hydrogens is 1260 g/mol. The molecule has 0 fully saturated rings. The van der Waals surface area contributed by atoms with Gasteiger partial charge in [-0.3, -0.25) is 0 Å². The molecular formula is C105H78. The fraction of sp³-hybridized carbons (Fsp3) is 0.105. The number of benzene rings is 18. The molecule has 0 atom stereocenters. The van der Waals surface area contributed by atoms with E-state index in [1.54, 1.807) is 0 Å². The van der Waals surface area contributed by atoms with Crippen LogP contribution < -0.4 is 0 Å². The average Bonchev–Trinajstić information content (AvgIpc) is 1.68. The van der Waals surface area contributed by atoms with E-state index in [0.717, 1.165) is 0 Å². The van der Waals surface area contributed by atoms with E-state index in [9.17, 15) is 0 Å². The summed E-state index contributed by atoms with van der Waals surface area (Å²) in [5.41, 5.74) is 34.3. The second-order valence-electron chi connectivity index (χ2n) is 31.5. The fourth-order valence-corrected chi connectivity index (χ4v) is 19.3. The van der Waals surface area contributed by atoms with Crippen LogP contribution in [0.3, 0.4) is 0 Å². The maximum atomic E-state index is 2.49. The summed E-state index contributed by atoms with van der Waals surface area (Å²) in [7, 11) is 0. The van der Waals surface area contributed by atoms with Gasteiger partial charge in [-0.15, -0.1) is 0 Å². The van der Waals surface area contributed by atoms with E-state index in [1.807, 2.05) is 0 Å². The van der Waals surface area contributed by atoms with Crippen LogP contribution in [0.4, 0.5) is 0 Å². The molecule has 0 aliphatic heterocycles. The molecule has 0 amide bonds. The molecule has 18 aromatic carbocycles. The molecule has 105 heavy (non-hydrogen) atoms. The van der Waals surface area contributed by atoms with Crippen LogP contribution in [0.25, 0.3) is 176 Å². The first-order valence-corrected chi connectivity index (χ1v) is 37.4. The lowest BCUT2D eigenvalue weighted by molar-refractivity contribution is 0.660. The number of hydrogen-bond acceptors (Lipinski definition) is 0. The van der Waals surface area contributed by atoms with Gasteiger partial charge in [-0.1, -0.05) is 356 Å². The van der Waals surface area contributed by atoms with Crippen LogP contribution in [0, 0.1) is 13.8 Å². The van der Waals surface area contributed by atoms with Gasteiger partial charge in [0, 0.05) is 16.2 Å². The summed E-state index contributed by atoms with van der Waals surface area (Å²) >= 11 is 0. The SMILES string of the molecule is Cc1ccc2c(-c3ccc(-c4ccc5c(c4)C(C)(C)c4ccccc4-5)c4ccccc34)c3ccccc3c(-c3ccc4c(c3)C(C)(C)c3ccccc3-4)c2c1.Cc1ccc2c(-c3ccc(-c4ccc5ccccc5c4)c4ccccc34)c3ccccc3c(-c3ccc4c(c3)C(C)(C)c3ccccc3-4)c2c1. The van der Waals surface area contributed by atoms with E-state index >= 15 is 0 Å². The minimum absolute atomic E-state index is 0.0477. The summed E-state index contributed by atoms with van der Waals surface area (Å²) in [6.45, 7) is 18.7. The zero-order valence-corrected chi connectivity index (χ0v) is 60.7. The molecule has 0 bridgehead atoms. The zero-order chi connectivity index (χ0) is 70.8. The maximum absolute atomic E-state index is 2.49. The summed E-state index contributed by atoms with van der Waals surface area (Å²) in [5, 5.41) is 18.0. The van der Waals surface area contributed by atoms with E-state index in [0.29, 0.717) is 0 Å². The van der Waals surface area contributed by atoms with Crippen molar-refractivity contribution < 1.29 is 0 Å². The Balaban J connectivity index is 0.000000140. The first-order valence-electron chi connectivity index (χ1n) is 37.4. The van der Waals surface area contributed by atoms with Crippen molar-refractivity contribution in [2.45, 2.75) is 71.6 Å². The second kappa shape index (κ2) is 23.4. The normalized spacial score (nSPS) is 13.9. The molecule has 3 aliphatic carbocycles. The lowest BCUT2D eigenvalue weighted by Crippen LogP contribution is -2.14. The molecule has 0 nitrogen and oxygen atoms in total. The summed E-state index contributed by atoms with van der Waals surface area (Å²) in [6, 6.07) is 123. The molecule has 18 aromatic rings. The monoisotopic (exact) mass is 1340 g/mol. The van der Waals surface area contributed by atoms with Crippen molar-refractivity contribution in [3.63, 3.8) is 0 Å². The highest BCUT2D eigenvalue weighted by Crippen LogP contribution is 2.56. The third-order valence-electron chi connectivity index (χ3n) is 24.4. The van der Waals surface area contributed by atoms with E-state index in [4.69, 9.17) is 0 Å². The van der Waals surface area contributed by atoms with E-state index < -0.39 is 0 Å². The smallest absolute Gasteiger partial charge is 0.0159 e. The summed E-state index contributed by atoms with van der Waals surface area (Å²) < 4.78 is 0. The van der Waals surface area contributed by atoms with Crippen LogP contribution in [0.2, 0.25) is 0 Å². The van der Waals surface area contributed by atoms with E-state index in [1.165, 1.54) is 220 Å². The Morgan fingerprint density at radius 3 is 0.857 bits per heavy atom. The number of fused-ring (bicyclic) bond motifs is 16. The quantitative estimate of drug-likeness (QED) is 0.146. The molecule has 0 saturated carbocycles. The summed E-state index contributed by atoms with van der Waals surface area (Å²) in [4.78, 5) is 0. The zero-order valence-electron chi connectivity index (χ0n) is 60.7. The standard InChI is InChI=1S/C55H42.C50H36/c1-33-22-25-46-47(30-33)52(35-24-27-42-40-17-11-13-21-49(40)55(4,5)51(42)32-35)43-18-8-9-19-44(43)53(46)45-29-28-36(37-14-6-7-15-38(37)45)34-23-26-41-39-16-10-12-20-48(39)54(2,3)50(41)31-34;1-31-20-24-44-45(28-31)48(35-23-25-40-39-16-10-11-19-46(39)50(2,3)47(40)30-35)41-17-8-9-18-42(41)49(44)43-27-26-36(37-14-6-7-15-38(37)43)34-22-21-32-12-4-5-13-33(32)29-34/h6-32H,1-5H3;4-30H,1-3H3. The molecule has 0 heteroatoms. The van der Waals surface area contributed by atoms with Crippen molar-refractivity contribution >= 4 is 75.4 Å². The first kappa shape index (κ1) is 62.5. The Labute approximate surface area is 615 Å². The van der Waals surface area contributed by atoms with E-state index in [2.05, 4.69) is 383 Å². The molecule has 498 valence electrons. The molecule has 0 saturated heterocycles. The third-order valence-corrected chi connectivity index (χ3v) is 24.4. The Kier molecular flexibility index (Phi) is 13.9. The number of aryl methyl sites for hydroxylation is 2. The van der Waals surface area contributed by atoms with Gasteiger partial charge in [0.2, 0.25) is 0 Å². The van der Waals surface area contributed by atoms with Crippen molar-refractivity contribution in [1.29, 1.82) is 0 Å². The largest absolute Gasteiger partial charge is 0.0619 e. The highest BCUT2D eigenvalue weighted by molar-refractivity contribution is 6.26. The van der Waals surface area contributed by atoms with Gasteiger partial charge in [0.1, 0.15) is 0 Å². The van der Waals surface area contributed by atoms with Crippen molar-refractivity contribution in [3.8, 4) is 100 Å². The molecule has 0 unspecified atom stereocenters. The minimum Gasteiger partial charge on any atom is -0.0619 e. The number of hydrogen-bond donors (Lipinski definition) is 0. The van der Waals surface area contributed by atoms with Crippen LogP contribution >= 0.6 is 0 Å². The highest BCUT2D eigenvalue weighted by Gasteiger charge is 2.39. The van der Waals surface area contributed by atoms with Crippen molar-refractivity contribution in [1.82, 2.24) is 0 Å². The number of rotatable bonds is 6.